The highest BCUT2D eigenvalue weighted by Gasteiger charge is 2.31. The summed E-state index contributed by atoms with van der Waals surface area (Å²) in [6, 6.07) is 12.7. The number of nitrogens with zero attached hydrogens (tertiary/aromatic N) is 2. The van der Waals surface area contributed by atoms with E-state index in [4.69, 9.17) is 0 Å². The Morgan fingerprint density at radius 3 is 2.45 bits per heavy atom. The zero-order chi connectivity index (χ0) is 26.8. The highest BCUT2D eigenvalue weighted by molar-refractivity contribution is 8.00. The van der Waals surface area contributed by atoms with E-state index in [1.165, 1.54) is 63.9 Å². The van der Waals surface area contributed by atoms with Gasteiger partial charge in [-0.2, -0.15) is 0 Å². The van der Waals surface area contributed by atoms with Crippen LogP contribution < -0.4 is 26.2 Å². The Morgan fingerprint density at radius 1 is 0.974 bits per heavy atom. The van der Waals surface area contributed by atoms with Crippen LogP contribution in [0.25, 0.3) is 16.2 Å². The molecule has 0 radical (unpaired) electrons. The van der Waals surface area contributed by atoms with E-state index in [1.54, 1.807) is 12.1 Å². The lowest BCUT2D eigenvalue weighted by atomic mass is 10.1. The van der Waals surface area contributed by atoms with Crippen LogP contribution >= 0.6 is 0 Å². The number of sulfonamides is 1. The number of nitrogens with one attached hydrogen (secondary N) is 2. The summed E-state index contributed by atoms with van der Waals surface area (Å²) in [6.45, 7) is -0.0128. The fourth-order valence-electron chi connectivity index (χ4n) is 4.69. The summed E-state index contributed by atoms with van der Waals surface area (Å²) in [6.07, 6.45) is 3.41. The van der Waals surface area contributed by atoms with Gasteiger partial charge in [0.2, 0.25) is 5.43 Å². The lowest BCUT2D eigenvalue weighted by molar-refractivity contribution is 0.586. The van der Waals surface area contributed by atoms with Crippen LogP contribution in [0, 0.1) is 5.82 Å². The first-order valence-corrected chi connectivity index (χ1v) is 14.6. The van der Waals surface area contributed by atoms with Gasteiger partial charge in [-0.3, -0.25) is 18.8 Å². The SMILES string of the molecule is O=c1c(=C2Nc3ccc(C4=CCCS4(=O)=O)cc3S(=O)(=O)N2)c(=O)n(Cc2ccc(F)cc2)n2cccc12. The van der Waals surface area contributed by atoms with Gasteiger partial charge in [0.25, 0.3) is 15.6 Å². The predicted molar refractivity (Wildman–Crippen MR) is 139 cm³/mol. The Hall–Kier alpha value is -4.23. The van der Waals surface area contributed by atoms with Crippen LogP contribution in [0.5, 0.6) is 0 Å². The second-order valence-electron chi connectivity index (χ2n) is 8.92. The second kappa shape index (κ2) is 8.39. The van der Waals surface area contributed by atoms with Gasteiger partial charge in [-0.15, -0.1) is 0 Å². The van der Waals surface area contributed by atoms with Crippen LogP contribution in [0.4, 0.5) is 10.1 Å². The third kappa shape index (κ3) is 3.82. The Balaban J connectivity index is 1.54. The van der Waals surface area contributed by atoms with Crippen LogP contribution in [-0.2, 0) is 26.4 Å². The fourth-order valence-corrected chi connectivity index (χ4v) is 7.42. The van der Waals surface area contributed by atoms with E-state index < -0.39 is 41.9 Å². The lowest BCUT2D eigenvalue weighted by Crippen LogP contribution is -2.52. The van der Waals surface area contributed by atoms with Crippen molar-refractivity contribution in [2.45, 2.75) is 17.9 Å². The Morgan fingerprint density at radius 2 is 1.74 bits per heavy atom. The number of sulfone groups is 1. The van der Waals surface area contributed by atoms with Crippen LogP contribution in [-0.4, -0.2) is 31.8 Å². The number of anilines is 1. The maximum absolute atomic E-state index is 13.6. The van der Waals surface area contributed by atoms with Gasteiger partial charge in [0.05, 0.1) is 22.9 Å². The average Bonchev–Trinajstić information content (AvgIpc) is 3.49. The molecule has 4 heterocycles. The van der Waals surface area contributed by atoms with Gasteiger partial charge in [0.1, 0.15) is 27.3 Å². The van der Waals surface area contributed by atoms with Crippen molar-refractivity contribution in [3.05, 3.63) is 110 Å². The summed E-state index contributed by atoms with van der Waals surface area (Å²) in [5.41, 5.74) is -0.423. The predicted octanol–water partition coefficient (Wildman–Crippen LogP) is 0.997. The van der Waals surface area contributed by atoms with E-state index in [0.717, 1.165) is 0 Å². The van der Waals surface area contributed by atoms with E-state index in [9.17, 15) is 30.8 Å². The molecule has 6 rings (SSSR count). The summed E-state index contributed by atoms with van der Waals surface area (Å²) in [5, 5.41) is 2.41. The zero-order valence-corrected chi connectivity index (χ0v) is 21.1. The van der Waals surface area contributed by atoms with E-state index in [1.807, 2.05) is 0 Å². The Labute approximate surface area is 215 Å². The largest absolute Gasteiger partial charge is 0.339 e. The molecule has 2 aromatic carbocycles. The first-order chi connectivity index (χ1) is 18.0. The molecule has 4 aromatic rings. The third-order valence-electron chi connectivity index (χ3n) is 6.49. The quantitative estimate of drug-likeness (QED) is 0.386. The van der Waals surface area contributed by atoms with Gasteiger partial charge >= 0.3 is 0 Å². The van der Waals surface area contributed by atoms with E-state index in [0.29, 0.717) is 12.0 Å². The average molecular weight is 555 g/mol. The first kappa shape index (κ1) is 24.1. The highest BCUT2D eigenvalue weighted by atomic mass is 32.2. The molecule has 0 saturated carbocycles. The summed E-state index contributed by atoms with van der Waals surface area (Å²) in [7, 11) is -7.79. The van der Waals surface area contributed by atoms with Crippen molar-refractivity contribution in [2.75, 3.05) is 11.1 Å². The van der Waals surface area contributed by atoms with Gasteiger partial charge in [-0.05, 0) is 53.9 Å². The maximum atomic E-state index is 13.6. The number of hydrogen-bond acceptors (Lipinski definition) is 7. The highest BCUT2D eigenvalue weighted by Crippen LogP contribution is 2.34. The molecule has 2 aliphatic heterocycles. The van der Waals surface area contributed by atoms with Gasteiger partial charge in [-0.25, -0.2) is 25.9 Å². The number of fused-ring (bicyclic) bond motifs is 2. The monoisotopic (exact) mass is 554 g/mol. The van der Waals surface area contributed by atoms with Gasteiger partial charge in [-0.1, -0.05) is 24.3 Å². The summed E-state index contributed by atoms with van der Waals surface area (Å²) in [4.78, 5) is 26.8. The zero-order valence-electron chi connectivity index (χ0n) is 19.5. The van der Waals surface area contributed by atoms with Crippen molar-refractivity contribution in [3.8, 4) is 0 Å². The minimum absolute atomic E-state index is 0.0128. The molecule has 13 heteroatoms. The van der Waals surface area contributed by atoms with Gasteiger partial charge in [0, 0.05) is 6.20 Å². The Bertz CT molecular complexity index is 2080. The molecular weight excluding hydrogens is 535 g/mol. The summed E-state index contributed by atoms with van der Waals surface area (Å²) < 4.78 is 69.4. The van der Waals surface area contributed by atoms with Crippen LogP contribution in [0.2, 0.25) is 0 Å². The molecule has 38 heavy (non-hydrogen) atoms. The van der Waals surface area contributed by atoms with Gasteiger partial charge < -0.3 is 5.32 Å². The van der Waals surface area contributed by atoms with Crippen molar-refractivity contribution < 1.29 is 21.2 Å². The molecule has 0 spiro atoms. The van der Waals surface area contributed by atoms with Crippen LogP contribution in [0.3, 0.4) is 0 Å². The van der Waals surface area contributed by atoms with Crippen LogP contribution in [0.15, 0.2) is 81.4 Å². The molecule has 10 nitrogen and oxygen atoms in total. The summed E-state index contributed by atoms with van der Waals surface area (Å²) >= 11 is 0. The number of allylic oxidation sites excluding steroid dienone is 1. The van der Waals surface area contributed by atoms with Crippen molar-refractivity contribution >= 4 is 41.8 Å². The molecule has 2 aromatic heterocycles. The van der Waals surface area contributed by atoms with Gasteiger partial charge in [0.15, 0.2) is 9.84 Å². The molecule has 0 atom stereocenters. The number of halogens is 1. The molecule has 0 amide bonds. The molecule has 0 fully saturated rings. The van der Waals surface area contributed by atoms with E-state index in [-0.39, 0.29) is 44.7 Å². The van der Waals surface area contributed by atoms with Crippen molar-refractivity contribution in [3.63, 3.8) is 0 Å². The molecule has 0 saturated heterocycles. The number of hydrogen-bond donors (Lipinski definition) is 2. The van der Waals surface area contributed by atoms with Crippen molar-refractivity contribution in [1.29, 1.82) is 0 Å². The molecule has 2 N–H and O–H groups in total. The van der Waals surface area contributed by atoms with Crippen molar-refractivity contribution in [2.24, 2.45) is 0 Å². The number of rotatable bonds is 3. The Kier molecular flexibility index (Phi) is 5.33. The molecule has 0 bridgehead atoms. The number of benzene rings is 2. The van der Waals surface area contributed by atoms with E-state index >= 15 is 0 Å². The van der Waals surface area contributed by atoms with Crippen LogP contribution in [0.1, 0.15) is 17.5 Å². The minimum atomic E-state index is -4.29. The topological polar surface area (TPSA) is 136 Å². The van der Waals surface area contributed by atoms with E-state index in [2.05, 4.69) is 10.0 Å². The first-order valence-electron chi connectivity index (χ1n) is 11.5. The molecular formula is C25H19FN4O6S2. The molecule has 0 unspecified atom stereocenters. The normalized spacial score (nSPS) is 18.9. The number of aromatic nitrogens is 2. The molecule has 0 aliphatic carbocycles. The molecule has 194 valence electrons. The van der Waals surface area contributed by atoms with Crippen molar-refractivity contribution in [1.82, 2.24) is 13.9 Å². The molecule has 2 aliphatic rings. The second-order valence-corrected chi connectivity index (χ2v) is 12.7. The maximum Gasteiger partial charge on any atom is 0.280 e. The lowest BCUT2D eigenvalue weighted by Gasteiger charge is -2.23. The fraction of sp³-hybridized carbons (Fsp3) is 0.120. The minimum Gasteiger partial charge on any atom is -0.339 e. The smallest absolute Gasteiger partial charge is 0.280 e. The summed E-state index contributed by atoms with van der Waals surface area (Å²) in [5.74, 6) is -0.799. The third-order valence-corrected chi connectivity index (χ3v) is 9.73. The standard InChI is InChI=1S/C25H19FN4O6S2/c26-17-8-5-15(6-9-17)14-30-25(32)22(23(31)19-3-1-11-29(19)30)24-27-18-10-7-16(13-21(18)38(35,36)28-24)20-4-2-12-37(20,33)34/h1,3-11,13,27-28H,2,12,14H2.